The van der Waals surface area contributed by atoms with Gasteiger partial charge in [0.05, 0.1) is 29.4 Å². The average molecular weight is 419 g/mol. The van der Waals surface area contributed by atoms with Gasteiger partial charge in [-0.05, 0) is 49.4 Å². The first-order valence-corrected chi connectivity index (χ1v) is 9.74. The van der Waals surface area contributed by atoms with Gasteiger partial charge in [-0.25, -0.2) is 8.42 Å². The highest BCUT2D eigenvalue weighted by Gasteiger charge is 2.32. The van der Waals surface area contributed by atoms with Crippen molar-refractivity contribution in [3.8, 4) is 11.5 Å². The van der Waals surface area contributed by atoms with Gasteiger partial charge in [0.2, 0.25) is 0 Å². The van der Waals surface area contributed by atoms with Crippen LogP contribution in [0.1, 0.15) is 12.5 Å². The molecule has 2 aromatic rings. The number of halogens is 3. The SMILES string of the molecule is CCOc1ccc(S(=O)(=O)Nc2cc(C(F)(F)F)ccc2OCCOC)cc1. The number of methoxy groups -OCH3 is 1. The fourth-order valence-corrected chi connectivity index (χ4v) is 3.29. The van der Waals surface area contributed by atoms with Crippen LogP contribution in [0.2, 0.25) is 0 Å². The lowest BCUT2D eigenvalue weighted by atomic mass is 10.2. The summed E-state index contributed by atoms with van der Waals surface area (Å²) in [5.74, 6) is 0.434. The minimum absolute atomic E-state index is 0.0413. The van der Waals surface area contributed by atoms with Crippen LogP contribution >= 0.6 is 0 Å². The molecule has 0 aliphatic heterocycles. The summed E-state index contributed by atoms with van der Waals surface area (Å²) in [5.41, 5.74) is -1.32. The number of rotatable bonds is 9. The Hall–Kier alpha value is -2.46. The van der Waals surface area contributed by atoms with E-state index in [2.05, 4.69) is 4.72 Å². The van der Waals surface area contributed by atoms with E-state index >= 15 is 0 Å². The number of hydrogen-bond acceptors (Lipinski definition) is 5. The molecule has 2 rings (SSSR count). The topological polar surface area (TPSA) is 73.9 Å². The normalized spacial score (nSPS) is 11.9. The molecule has 28 heavy (non-hydrogen) atoms. The number of benzene rings is 2. The summed E-state index contributed by atoms with van der Waals surface area (Å²) in [6.45, 7) is 2.42. The van der Waals surface area contributed by atoms with E-state index in [0.717, 1.165) is 12.1 Å². The molecule has 0 saturated carbocycles. The van der Waals surface area contributed by atoms with Crippen LogP contribution in [0.4, 0.5) is 18.9 Å². The molecule has 1 N–H and O–H groups in total. The van der Waals surface area contributed by atoms with E-state index < -0.39 is 21.8 Å². The third-order valence-corrected chi connectivity index (χ3v) is 4.92. The maximum absolute atomic E-state index is 13.0. The van der Waals surface area contributed by atoms with E-state index in [4.69, 9.17) is 14.2 Å². The molecule has 0 aromatic heterocycles. The fraction of sp³-hybridized carbons (Fsp3) is 0.333. The van der Waals surface area contributed by atoms with Gasteiger partial charge in [-0.1, -0.05) is 0 Å². The monoisotopic (exact) mass is 419 g/mol. The summed E-state index contributed by atoms with van der Waals surface area (Å²) in [7, 11) is -2.71. The highest BCUT2D eigenvalue weighted by atomic mass is 32.2. The molecule has 2 aromatic carbocycles. The van der Waals surface area contributed by atoms with Crippen molar-refractivity contribution in [2.45, 2.75) is 18.0 Å². The Balaban J connectivity index is 2.34. The third-order valence-electron chi connectivity index (χ3n) is 3.54. The maximum Gasteiger partial charge on any atom is 0.416 e. The van der Waals surface area contributed by atoms with Crippen molar-refractivity contribution in [1.29, 1.82) is 0 Å². The summed E-state index contributed by atoms with van der Waals surface area (Å²) in [5, 5.41) is 0. The lowest BCUT2D eigenvalue weighted by Crippen LogP contribution is -2.16. The van der Waals surface area contributed by atoms with Gasteiger partial charge in [-0.3, -0.25) is 4.72 Å². The molecular weight excluding hydrogens is 399 g/mol. The largest absolute Gasteiger partial charge is 0.494 e. The van der Waals surface area contributed by atoms with Gasteiger partial charge in [0.15, 0.2) is 0 Å². The highest BCUT2D eigenvalue weighted by Crippen LogP contribution is 2.36. The predicted octanol–water partition coefficient (Wildman–Crippen LogP) is 3.93. The lowest BCUT2D eigenvalue weighted by Gasteiger charge is -2.16. The van der Waals surface area contributed by atoms with Gasteiger partial charge in [0, 0.05) is 7.11 Å². The molecule has 0 amide bonds. The van der Waals surface area contributed by atoms with E-state index in [1.807, 2.05) is 0 Å². The zero-order valence-corrected chi connectivity index (χ0v) is 16.1. The van der Waals surface area contributed by atoms with Crippen LogP contribution in [0, 0.1) is 0 Å². The van der Waals surface area contributed by atoms with E-state index in [1.54, 1.807) is 6.92 Å². The molecule has 154 valence electrons. The standard InChI is InChI=1S/C18H20F3NO5S/c1-3-26-14-5-7-15(8-6-14)28(23,24)22-16-12-13(18(19,20)21)4-9-17(16)27-11-10-25-2/h4-9,12,22H,3,10-11H2,1-2H3. The van der Waals surface area contributed by atoms with Crippen LogP contribution in [-0.2, 0) is 20.9 Å². The van der Waals surface area contributed by atoms with Gasteiger partial charge in [-0.15, -0.1) is 0 Å². The van der Waals surface area contributed by atoms with Gasteiger partial charge in [0.1, 0.15) is 18.1 Å². The third kappa shape index (κ3) is 5.77. The van der Waals surface area contributed by atoms with E-state index in [1.165, 1.54) is 31.4 Å². The zero-order valence-electron chi connectivity index (χ0n) is 15.2. The van der Waals surface area contributed by atoms with Gasteiger partial charge < -0.3 is 14.2 Å². The predicted molar refractivity (Wildman–Crippen MR) is 97.2 cm³/mol. The maximum atomic E-state index is 13.0. The number of sulfonamides is 1. The van der Waals surface area contributed by atoms with E-state index in [-0.39, 0.29) is 29.5 Å². The van der Waals surface area contributed by atoms with Gasteiger partial charge in [-0.2, -0.15) is 13.2 Å². The molecule has 6 nitrogen and oxygen atoms in total. The fourth-order valence-electron chi connectivity index (χ4n) is 2.23. The van der Waals surface area contributed by atoms with Crippen molar-refractivity contribution >= 4 is 15.7 Å². The van der Waals surface area contributed by atoms with Gasteiger partial charge >= 0.3 is 6.18 Å². The molecule has 0 radical (unpaired) electrons. The molecule has 0 atom stereocenters. The van der Waals surface area contributed by atoms with Crippen LogP contribution in [0.25, 0.3) is 0 Å². The quantitative estimate of drug-likeness (QED) is 0.624. The summed E-state index contributed by atoms with van der Waals surface area (Å²) in [6, 6.07) is 8.08. The Morgan fingerprint density at radius 2 is 1.68 bits per heavy atom. The van der Waals surface area contributed by atoms with E-state index in [9.17, 15) is 21.6 Å². The van der Waals surface area contributed by atoms with Crippen LogP contribution in [0.15, 0.2) is 47.4 Å². The average Bonchev–Trinajstić information content (AvgIpc) is 2.63. The van der Waals surface area contributed by atoms with Crippen molar-refractivity contribution in [2.75, 3.05) is 31.7 Å². The Morgan fingerprint density at radius 1 is 1.00 bits per heavy atom. The number of hydrogen-bond donors (Lipinski definition) is 1. The van der Waals surface area contributed by atoms with E-state index in [0.29, 0.717) is 18.4 Å². The summed E-state index contributed by atoms with van der Waals surface area (Å²) >= 11 is 0. The van der Waals surface area contributed by atoms with Crippen molar-refractivity contribution in [2.24, 2.45) is 0 Å². The Morgan fingerprint density at radius 3 is 2.25 bits per heavy atom. The zero-order chi connectivity index (χ0) is 20.8. The summed E-state index contributed by atoms with van der Waals surface area (Å²) in [4.78, 5) is -0.129. The molecule has 0 heterocycles. The minimum Gasteiger partial charge on any atom is -0.494 e. The second-order valence-electron chi connectivity index (χ2n) is 5.56. The molecule has 0 saturated heterocycles. The van der Waals surface area contributed by atoms with Crippen LogP contribution in [-0.4, -0.2) is 35.3 Å². The van der Waals surface area contributed by atoms with Crippen molar-refractivity contribution in [3.63, 3.8) is 0 Å². The van der Waals surface area contributed by atoms with Crippen LogP contribution < -0.4 is 14.2 Å². The Labute approximate surface area is 161 Å². The number of alkyl halides is 3. The van der Waals surface area contributed by atoms with Crippen LogP contribution in [0.3, 0.4) is 0 Å². The first kappa shape index (κ1) is 21.8. The molecule has 0 bridgehead atoms. The smallest absolute Gasteiger partial charge is 0.416 e. The Kier molecular flexibility index (Phi) is 7.14. The summed E-state index contributed by atoms with van der Waals surface area (Å²) in [6.07, 6.45) is -4.63. The molecular formula is C18H20F3NO5S. The number of nitrogens with one attached hydrogen (secondary N) is 1. The second kappa shape index (κ2) is 9.16. The number of anilines is 1. The van der Waals surface area contributed by atoms with Crippen molar-refractivity contribution in [3.05, 3.63) is 48.0 Å². The van der Waals surface area contributed by atoms with Crippen molar-refractivity contribution < 1.29 is 35.8 Å². The molecule has 0 fully saturated rings. The number of ether oxygens (including phenoxy) is 3. The minimum atomic E-state index is -4.63. The summed E-state index contributed by atoms with van der Waals surface area (Å²) < 4.78 is 81.9. The first-order chi connectivity index (χ1) is 13.2. The molecule has 0 aliphatic carbocycles. The highest BCUT2D eigenvalue weighted by molar-refractivity contribution is 7.92. The Bertz CT molecular complexity index is 883. The molecule has 10 heteroatoms. The second-order valence-corrected chi connectivity index (χ2v) is 7.24. The van der Waals surface area contributed by atoms with Crippen LogP contribution in [0.5, 0.6) is 11.5 Å². The molecule has 0 aliphatic rings. The van der Waals surface area contributed by atoms with Gasteiger partial charge in [0.25, 0.3) is 10.0 Å². The lowest BCUT2D eigenvalue weighted by molar-refractivity contribution is -0.137. The molecule has 0 spiro atoms. The first-order valence-electron chi connectivity index (χ1n) is 8.26. The van der Waals surface area contributed by atoms with Crippen molar-refractivity contribution in [1.82, 2.24) is 0 Å². The molecule has 0 unspecified atom stereocenters.